The fraction of sp³-hybridized carbons (Fsp3) is 0.0556. The maximum absolute atomic E-state index is 12.3. The van der Waals surface area contributed by atoms with Crippen molar-refractivity contribution in [2.45, 2.75) is 6.92 Å². The number of rotatable bonds is 4. The van der Waals surface area contributed by atoms with E-state index in [9.17, 15) is 4.79 Å². The first-order chi connectivity index (χ1) is 11.2. The van der Waals surface area contributed by atoms with E-state index in [1.54, 1.807) is 30.6 Å². The summed E-state index contributed by atoms with van der Waals surface area (Å²) >= 11 is 0. The number of hydrogen-bond donors (Lipinski definition) is 1. The van der Waals surface area contributed by atoms with Gasteiger partial charge < -0.3 is 10.1 Å². The van der Waals surface area contributed by atoms with Gasteiger partial charge in [-0.1, -0.05) is 23.8 Å². The molecule has 0 unspecified atom stereocenters. The van der Waals surface area contributed by atoms with Crippen molar-refractivity contribution in [2.75, 3.05) is 5.32 Å². The summed E-state index contributed by atoms with van der Waals surface area (Å²) in [5, 5.41) is 2.86. The molecule has 0 saturated heterocycles. The predicted molar refractivity (Wildman–Crippen MR) is 89.8 cm³/mol. The molecule has 0 spiro atoms. The number of nitrogens with zero attached hydrogens (tertiary/aromatic N) is 2. The van der Waals surface area contributed by atoms with Crippen LogP contribution in [0.5, 0.6) is 11.5 Å². The number of benzene rings is 2. The average molecular weight is 307 g/mol. The van der Waals surface area contributed by atoms with Crippen molar-refractivity contribution in [1.82, 2.24) is 9.97 Å². The summed E-state index contributed by atoms with van der Waals surface area (Å²) in [5.74, 6) is 0.977. The number of ether oxygens (including phenoxy) is 1. The van der Waals surface area contributed by atoms with Crippen molar-refractivity contribution in [3.8, 4) is 11.5 Å². The normalized spacial score (nSPS) is 10.1. The third-order valence-electron chi connectivity index (χ3n) is 3.14. The molecule has 116 valence electrons. The van der Waals surface area contributed by atoms with Gasteiger partial charge in [-0.05, 0) is 31.2 Å². The highest BCUT2D eigenvalue weighted by atomic mass is 16.5. The van der Waals surface area contributed by atoms with E-state index in [0.29, 0.717) is 22.7 Å². The molecule has 0 aliphatic rings. The third kappa shape index (κ3) is 3.91. The van der Waals surface area contributed by atoms with Crippen LogP contribution in [-0.2, 0) is 0 Å². The van der Waals surface area contributed by atoms with E-state index in [0.717, 1.165) is 5.56 Å². The van der Waals surface area contributed by atoms with Crippen molar-refractivity contribution >= 4 is 11.6 Å². The van der Waals surface area contributed by atoms with E-state index in [1.807, 2.05) is 37.3 Å². The number of hydrogen-bond acceptors (Lipinski definition) is 4. The van der Waals surface area contributed by atoms with Gasteiger partial charge in [-0.25, -0.2) is 9.97 Å². The van der Waals surface area contributed by atoms with Crippen LogP contribution in [0.3, 0.4) is 0 Å². The Morgan fingerprint density at radius 2 is 1.83 bits per heavy atom. The number of aryl methyl sites for hydroxylation is 1. The molecular formula is C18H17N3O2. The summed E-state index contributed by atoms with van der Waals surface area (Å²) in [5.41, 5.74) is 2.32. The maximum Gasteiger partial charge on any atom is 0.255 e. The van der Waals surface area contributed by atoms with Gasteiger partial charge in [0.05, 0.1) is 12.4 Å². The Balaban J connectivity index is 0.00000208. The average Bonchev–Trinajstić information content (AvgIpc) is 2.56. The highest BCUT2D eigenvalue weighted by molar-refractivity contribution is 6.04. The Hall–Kier alpha value is -3.21. The number of carbonyl (C=O) groups is 1. The summed E-state index contributed by atoms with van der Waals surface area (Å²) in [6, 6.07) is 14.6. The molecule has 0 saturated carbocycles. The van der Waals surface area contributed by atoms with E-state index in [1.165, 1.54) is 6.33 Å². The van der Waals surface area contributed by atoms with Crippen LogP contribution in [0.4, 0.5) is 5.69 Å². The maximum atomic E-state index is 12.3. The van der Waals surface area contributed by atoms with Crippen LogP contribution in [0.25, 0.3) is 0 Å². The fourth-order valence-electron chi connectivity index (χ4n) is 2.10. The zero-order chi connectivity index (χ0) is 16.1. The minimum atomic E-state index is -0.158. The number of aromatic nitrogens is 2. The zero-order valence-electron chi connectivity index (χ0n) is 12.6. The molecule has 1 aromatic heterocycles. The minimum absolute atomic E-state index is 0. The highest BCUT2D eigenvalue weighted by Gasteiger charge is 2.07. The standard InChI is InChI=1S/C18H15N3O2.H2/c1-13-4-2-5-14(8-13)18(22)21-15-6-3-7-16(9-15)23-17-10-19-12-20-11-17;/h2-12H,1H3,(H,21,22);1H. The van der Waals surface area contributed by atoms with Gasteiger partial charge in [-0.2, -0.15) is 0 Å². The van der Waals surface area contributed by atoms with Crippen LogP contribution in [0, 0.1) is 6.92 Å². The molecule has 0 bridgehead atoms. The van der Waals surface area contributed by atoms with E-state index in [4.69, 9.17) is 4.74 Å². The van der Waals surface area contributed by atoms with Crippen LogP contribution in [0.1, 0.15) is 17.3 Å². The molecule has 5 heteroatoms. The quantitative estimate of drug-likeness (QED) is 0.789. The van der Waals surface area contributed by atoms with Gasteiger partial charge >= 0.3 is 0 Å². The first-order valence-electron chi connectivity index (χ1n) is 7.12. The molecule has 5 nitrogen and oxygen atoms in total. The SMILES string of the molecule is Cc1cccc(C(=O)Nc2cccc(Oc3cncnc3)c2)c1.[HH]. The first-order valence-corrected chi connectivity index (χ1v) is 7.12. The monoisotopic (exact) mass is 307 g/mol. The molecule has 0 radical (unpaired) electrons. The lowest BCUT2D eigenvalue weighted by atomic mass is 10.1. The summed E-state index contributed by atoms with van der Waals surface area (Å²) in [4.78, 5) is 20.1. The molecule has 1 amide bonds. The molecule has 3 aromatic rings. The molecule has 0 aliphatic heterocycles. The van der Waals surface area contributed by atoms with Gasteiger partial charge in [-0.3, -0.25) is 4.79 Å². The van der Waals surface area contributed by atoms with Gasteiger partial charge in [0.2, 0.25) is 0 Å². The molecule has 1 N–H and O–H groups in total. The van der Waals surface area contributed by atoms with E-state index < -0.39 is 0 Å². The summed E-state index contributed by atoms with van der Waals surface area (Å²) in [6.45, 7) is 1.95. The number of amides is 1. The number of anilines is 1. The van der Waals surface area contributed by atoms with Crippen molar-refractivity contribution < 1.29 is 11.0 Å². The van der Waals surface area contributed by atoms with Crippen molar-refractivity contribution in [2.24, 2.45) is 0 Å². The second kappa shape index (κ2) is 6.70. The largest absolute Gasteiger partial charge is 0.454 e. The Morgan fingerprint density at radius 1 is 1.04 bits per heavy atom. The molecule has 0 aliphatic carbocycles. The van der Waals surface area contributed by atoms with Gasteiger partial charge in [0.1, 0.15) is 12.1 Å². The molecule has 23 heavy (non-hydrogen) atoms. The lowest BCUT2D eigenvalue weighted by molar-refractivity contribution is 0.102. The third-order valence-corrected chi connectivity index (χ3v) is 3.14. The summed E-state index contributed by atoms with van der Waals surface area (Å²) in [7, 11) is 0. The molecule has 1 heterocycles. The Labute approximate surface area is 135 Å². The van der Waals surface area contributed by atoms with Crippen LogP contribution in [0.15, 0.2) is 67.3 Å². The van der Waals surface area contributed by atoms with Gasteiger partial charge in [0, 0.05) is 18.7 Å². The highest BCUT2D eigenvalue weighted by Crippen LogP contribution is 2.23. The number of carbonyl (C=O) groups excluding carboxylic acids is 1. The van der Waals surface area contributed by atoms with Crippen molar-refractivity contribution in [3.05, 3.63) is 78.4 Å². The van der Waals surface area contributed by atoms with E-state index in [-0.39, 0.29) is 7.33 Å². The molecule has 3 rings (SSSR count). The smallest absolute Gasteiger partial charge is 0.255 e. The summed E-state index contributed by atoms with van der Waals surface area (Å²) < 4.78 is 5.65. The summed E-state index contributed by atoms with van der Waals surface area (Å²) in [6.07, 6.45) is 4.58. The van der Waals surface area contributed by atoms with Crippen molar-refractivity contribution in [1.29, 1.82) is 0 Å². The van der Waals surface area contributed by atoms with E-state index >= 15 is 0 Å². The van der Waals surface area contributed by atoms with Gasteiger partial charge in [0.25, 0.3) is 5.91 Å². The Bertz CT molecular complexity index is 825. The minimum Gasteiger partial charge on any atom is -0.454 e. The molecule has 0 fully saturated rings. The molecule has 0 atom stereocenters. The Kier molecular flexibility index (Phi) is 4.29. The lowest BCUT2D eigenvalue weighted by Crippen LogP contribution is -2.11. The van der Waals surface area contributed by atoms with Gasteiger partial charge in [-0.15, -0.1) is 0 Å². The van der Waals surface area contributed by atoms with Crippen LogP contribution >= 0.6 is 0 Å². The zero-order valence-corrected chi connectivity index (χ0v) is 12.6. The number of nitrogens with one attached hydrogen (secondary N) is 1. The molecular weight excluding hydrogens is 290 g/mol. The first kappa shape index (κ1) is 14.7. The van der Waals surface area contributed by atoms with Crippen LogP contribution in [0.2, 0.25) is 0 Å². The Morgan fingerprint density at radius 3 is 2.61 bits per heavy atom. The van der Waals surface area contributed by atoms with Crippen LogP contribution in [-0.4, -0.2) is 15.9 Å². The van der Waals surface area contributed by atoms with Crippen molar-refractivity contribution in [3.63, 3.8) is 0 Å². The lowest BCUT2D eigenvalue weighted by Gasteiger charge is -2.09. The molecule has 2 aromatic carbocycles. The topological polar surface area (TPSA) is 64.1 Å². The second-order valence-corrected chi connectivity index (χ2v) is 5.03. The van der Waals surface area contributed by atoms with Gasteiger partial charge in [0.15, 0.2) is 5.75 Å². The second-order valence-electron chi connectivity index (χ2n) is 5.03. The van der Waals surface area contributed by atoms with E-state index in [2.05, 4.69) is 15.3 Å². The van der Waals surface area contributed by atoms with Crippen LogP contribution < -0.4 is 10.1 Å². The fourth-order valence-corrected chi connectivity index (χ4v) is 2.10. The predicted octanol–water partition coefficient (Wildman–Crippen LogP) is 4.08.